The van der Waals surface area contributed by atoms with Crippen LogP contribution in [0.25, 0.3) is 0 Å². The first-order chi connectivity index (χ1) is 12.7. The molecule has 0 atom stereocenters. The quantitative estimate of drug-likeness (QED) is 0.545. The predicted octanol–water partition coefficient (Wildman–Crippen LogP) is 3.09. The van der Waals surface area contributed by atoms with Gasteiger partial charge in [0, 0.05) is 31.7 Å². The summed E-state index contributed by atoms with van der Waals surface area (Å²) in [6, 6.07) is 0.330. The number of amides is 2. The van der Waals surface area contributed by atoms with Gasteiger partial charge in [0.15, 0.2) is 5.16 Å². The third-order valence-electron chi connectivity index (χ3n) is 4.69. The van der Waals surface area contributed by atoms with Crippen molar-refractivity contribution in [3.05, 3.63) is 18.2 Å². The molecule has 1 saturated carbocycles. The lowest BCUT2D eigenvalue weighted by Gasteiger charge is -2.16. The van der Waals surface area contributed by atoms with Gasteiger partial charge in [0.2, 0.25) is 0 Å². The number of thioether (sulfide) groups is 1. The molecule has 1 aliphatic carbocycles. The first kappa shape index (κ1) is 18.8. The highest BCUT2D eigenvalue weighted by Crippen LogP contribution is 2.33. The molecule has 2 amide bonds. The molecular weight excluding hydrogens is 350 g/mol. The molecule has 0 aliphatic heterocycles. The van der Waals surface area contributed by atoms with E-state index in [2.05, 4.69) is 30.5 Å². The molecular formula is C17H27N7OS. The monoisotopic (exact) mass is 377 g/mol. The van der Waals surface area contributed by atoms with E-state index in [0.717, 1.165) is 30.4 Å². The minimum Gasteiger partial charge on any atom is -0.338 e. The van der Waals surface area contributed by atoms with Crippen molar-refractivity contribution in [1.29, 1.82) is 0 Å². The molecule has 3 rings (SSSR count). The van der Waals surface area contributed by atoms with Crippen LogP contribution in [0.1, 0.15) is 50.9 Å². The topological polar surface area (TPSA) is 89.7 Å². The number of carbonyl (C=O) groups is 1. The summed E-state index contributed by atoms with van der Waals surface area (Å²) in [6.45, 7) is 3.38. The van der Waals surface area contributed by atoms with Crippen LogP contribution in [0.5, 0.6) is 0 Å². The number of rotatable bonds is 8. The fraction of sp³-hybridized carbons (Fsp3) is 0.647. The number of anilines is 1. The fourth-order valence-corrected chi connectivity index (χ4v) is 3.94. The van der Waals surface area contributed by atoms with E-state index in [1.54, 1.807) is 22.6 Å². The minimum atomic E-state index is -0.206. The number of nitrogens with one attached hydrogen (secondary N) is 2. The summed E-state index contributed by atoms with van der Waals surface area (Å²) in [5, 5.41) is 19.5. The van der Waals surface area contributed by atoms with Gasteiger partial charge in [0.05, 0.1) is 11.9 Å². The van der Waals surface area contributed by atoms with Crippen LogP contribution in [-0.4, -0.2) is 43.4 Å². The van der Waals surface area contributed by atoms with Crippen LogP contribution in [-0.2, 0) is 13.0 Å². The summed E-state index contributed by atoms with van der Waals surface area (Å²) in [6.07, 6.45) is 12.2. The number of urea groups is 1. The number of aromatic nitrogens is 5. The van der Waals surface area contributed by atoms with Crippen molar-refractivity contribution in [2.45, 2.75) is 63.2 Å². The normalized spacial score (nSPS) is 14.7. The molecule has 142 valence electrons. The van der Waals surface area contributed by atoms with Gasteiger partial charge in [-0.3, -0.25) is 4.68 Å². The van der Waals surface area contributed by atoms with Crippen LogP contribution in [0.4, 0.5) is 10.5 Å². The summed E-state index contributed by atoms with van der Waals surface area (Å²) in [5.41, 5.74) is 0.704. The maximum Gasteiger partial charge on any atom is 0.319 e. The average Bonchev–Trinajstić information content (AvgIpc) is 3.38. The molecule has 2 N–H and O–H groups in total. The summed E-state index contributed by atoms with van der Waals surface area (Å²) in [4.78, 5) is 12.0. The van der Waals surface area contributed by atoms with Crippen molar-refractivity contribution >= 4 is 23.5 Å². The smallest absolute Gasteiger partial charge is 0.319 e. The Labute approximate surface area is 158 Å². The Balaban J connectivity index is 1.46. The number of hydrogen-bond donors (Lipinski definition) is 2. The van der Waals surface area contributed by atoms with Gasteiger partial charge in [-0.2, -0.15) is 5.10 Å². The van der Waals surface area contributed by atoms with Crippen LogP contribution in [0, 0.1) is 0 Å². The molecule has 2 heterocycles. The molecule has 2 aromatic rings. The highest BCUT2D eigenvalue weighted by Gasteiger charge is 2.23. The lowest BCUT2D eigenvalue weighted by atomic mass is 10.2. The first-order valence-corrected chi connectivity index (χ1v) is 10.5. The Morgan fingerprint density at radius 2 is 2.15 bits per heavy atom. The minimum absolute atomic E-state index is 0.206. The van der Waals surface area contributed by atoms with Crippen LogP contribution >= 0.6 is 11.8 Å². The molecule has 0 unspecified atom stereocenters. The molecule has 2 aromatic heterocycles. The molecule has 8 nitrogen and oxygen atoms in total. The zero-order valence-electron chi connectivity index (χ0n) is 15.4. The second kappa shape index (κ2) is 9.07. The van der Waals surface area contributed by atoms with Crippen molar-refractivity contribution in [2.24, 2.45) is 0 Å². The molecule has 1 aliphatic rings. The van der Waals surface area contributed by atoms with E-state index >= 15 is 0 Å². The molecule has 26 heavy (non-hydrogen) atoms. The van der Waals surface area contributed by atoms with E-state index in [4.69, 9.17) is 0 Å². The number of aryl methyl sites for hydroxylation is 2. The average molecular weight is 378 g/mol. The molecule has 0 spiro atoms. The molecule has 0 saturated heterocycles. The van der Waals surface area contributed by atoms with Crippen LogP contribution in [0.2, 0.25) is 0 Å². The zero-order chi connectivity index (χ0) is 18.4. The van der Waals surface area contributed by atoms with Gasteiger partial charge < -0.3 is 15.2 Å². The molecule has 0 aromatic carbocycles. The van der Waals surface area contributed by atoms with Gasteiger partial charge in [-0.15, -0.1) is 10.2 Å². The largest absolute Gasteiger partial charge is 0.338 e. The third kappa shape index (κ3) is 4.57. The lowest BCUT2D eigenvalue weighted by molar-refractivity contribution is 0.252. The highest BCUT2D eigenvalue weighted by molar-refractivity contribution is 7.98. The lowest BCUT2D eigenvalue weighted by Crippen LogP contribution is -2.29. The Hall–Kier alpha value is -2.03. The number of nitrogens with zero attached hydrogens (tertiary/aromatic N) is 5. The van der Waals surface area contributed by atoms with Gasteiger partial charge in [0.1, 0.15) is 5.82 Å². The van der Waals surface area contributed by atoms with E-state index in [-0.39, 0.29) is 6.03 Å². The SMILES string of the molecule is CCn1cc(NC(=O)NCCCc2nnc(SC)n2C2CCCC2)cn1. The van der Waals surface area contributed by atoms with Gasteiger partial charge >= 0.3 is 6.03 Å². The van der Waals surface area contributed by atoms with Crippen molar-refractivity contribution < 1.29 is 4.79 Å². The highest BCUT2D eigenvalue weighted by atomic mass is 32.2. The Morgan fingerprint density at radius 3 is 2.85 bits per heavy atom. The third-order valence-corrected chi connectivity index (χ3v) is 5.33. The van der Waals surface area contributed by atoms with Gasteiger partial charge in [-0.25, -0.2) is 4.79 Å². The number of carbonyl (C=O) groups excluding carboxylic acids is 1. The van der Waals surface area contributed by atoms with Gasteiger partial charge in [-0.1, -0.05) is 24.6 Å². The van der Waals surface area contributed by atoms with Crippen molar-refractivity contribution in [2.75, 3.05) is 18.1 Å². The molecule has 1 fully saturated rings. The van der Waals surface area contributed by atoms with Crippen molar-refractivity contribution in [1.82, 2.24) is 29.9 Å². The second-order valence-electron chi connectivity index (χ2n) is 6.48. The summed E-state index contributed by atoms with van der Waals surface area (Å²) < 4.78 is 4.09. The van der Waals surface area contributed by atoms with Crippen LogP contribution < -0.4 is 10.6 Å². The standard InChI is InChI=1S/C17H27N7OS/c1-3-23-12-13(11-19-23)20-16(25)18-10-6-9-15-21-22-17(26-2)24(15)14-7-4-5-8-14/h11-12,14H,3-10H2,1-2H3,(H2,18,20,25). The van der Waals surface area contributed by atoms with E-state index in [1.807, 2.05) is 19.4 Å². The Kier molecular flexibility index (Phi) is 6.54. The van der Waals surface area contributed by atoms with Crippen molar-refractivity contribution in [3.8, 4) is 0 Å². The Morgan fingerprint density at radius 1 is 1.35 bits per heavy atom. The van der Waals surface area contributed by atoms with E-state index < -0.39 is 0 Å². The van der Waals surface area contributed by atoms with Gasteiger partial charge in [-0.05, 0) is 32.4 Å². The van der Waals surface area contributed by atoms with Crippen LogP contribution in [0.15, 0.2) is 17.6 Å². The van der Waals surface area contributed by atoms with Crippen LogP contribution in [0.3, 0.4) is 0 Å². The van der Waals surface area contributed by atoms with Gasteiger partial charge in [0.25, 0.3) is 0 Å². The molecule has 0 radical (unpaired) electrons. The first-order valence-electron chi connectivity index (χ1n) is 9.26. The summed E-state index contributed by atoms with van der Waals surface area (Å²) in [5.74, 6) is 1.03. The maximum atomic E-state index is 12.0. The zero-order valence-corrected chi connectivity index (χ0v) is 16.3. The predicted molar refractivity (Wildman–Crippen MR) is 103 cm³/mol. The molecule has 9 heteroatoms. The van der Waals surface area contributed by atoms with E-state index in [9.17, 15) is 4.79 Å². The number of hydrogen-bond acceptors (Lipinski definition) is 5. The summed E-state index contributed by atoms with van der Waals surface area (Å²) >= 11 is 1.65. The van der Waals surface area contributed by atoms with E-state index in [1.165, 1.54) is 25.7 Å². The summed E-state index contributed by atoms with van der Waals surface area (Å²) in [7, 11) is 0. The Bertz CT molecular complexity index is 721. The maximum absolute atomic E-state index is 12.0. The van der Waals surface area contributed by atoms with Crippen molar-refractivity contribution in [3.63, 3.8) is 0 Å². The fourth-order valence-electron chi connectivity index (χ4n) is 3.37. The van der Waals surface area contributed by atoms with E-state index in [0.29, 0.717) is 18.3 Å². The second-order valence-corrected chi connectivity index (χ2v) is 7.25. The molecule has 0 bridgehead atoms.